The second-order valence-electron chi connectivity index (χ2n) is 9.59. The summed E-state index contributed by atoms with van der Waals surface area (Å²) in [6.07, 6.45) is 3.13. The Labute approximate surface area is 225 Å². The molecular formula is C30H27ClFN3O3. The molecule has 1 aliphatic rings. The molecule has 4 aromatic rings. The lowest BCUT2D eigenvalue weighted by atomic mass is 9.75. The number of aromatic nitrogens is 2. The van der Waals surface area contributed by atoms with Gasteiger partial charge in [-0.05, 0) is 55.6 Å². The van der Waals surface area contributed by atoms with Crippen LogP contribution in [-0.4, -0.2) is 34.1 Å². The fourth-order valence-electron chi connectivity index (χ4n) is 4.96. The molecule has 0 N–H and O–H groups in total. The molecule has 0 atom stereocenters. The summed E-state index contributed by atoms with van der Waals surface area (Å²) < 4.78 is 18.2. The minimum absolute atomic E-state index is 0.397. The van der Waals surface area contributed by atoms with Crippen LogP contribution in [-0.2, 0) is 16.3 Å². The van der Waals surface area contributed by atoms with Crippen LogP contribution in [0.1, 0.15) is 24.8 Å². The standard InChI is InChI=1S/C30H27ClFN3O3/c1-2-14-30(29(36)37-32)15-17-35(18-16-30)20-21-8-10-23(11-9-21)27-33-28(38-34-27)24-12-13-25(26(31)19-24)22-6-4-3-5-7-22/h2-13,19H,1,14-18,20H2. The van der Waals surface area contributed by atoms with Crippen LogP contribution in [0.2, 0.25) is 5.02 Å². The molecule has 1 saturated heterocycles. The van der Waals surface area contributed by atoms with Gasteiger partial charge < -0.3 is 4.52 Å². The van der Waals surface area contributed by atoms with Crippen LogP contribution in [0.5, 0.6) is 0 Å². The maximum absolute atomic E-state index is 12.6. The number of carbonyl (C=O) groups excluding carboxylic acids is 1. The van der Waals surface area contributed by atoms with Gasteiger partial charge in [0.15, 0.2) is 0 Å². The molecule has 38 heavy (non-hydrogen) atoms. The smallest absolute Gasteiger partial charge is 0.334 e. The molecule has 0 spiro atoms. The van der Waals surface area contributed by atoms with Crippen molar-refractivity contribution in [1.82, 2.24) is 15.0 Å². The number of nitrogens with zero attached hydrogens (tertiary/aromatic N) is 3. The van der Waals surface area contributed by atoms with E-state index in [4.69, 9.17) is 16.1 Å². The Morgan fingerprint density at radius 1 is 1.05 bits per heavy atom. The van der Waals surface area contributed by atoms with Gasteiger partial charge in [-0.1, -0.05) is 83.5 Å². The van der Waals surface area contributed by atoms with Gasteiger partial charge in [-0.3, -0.25) is 9.84 Å². The Hall–Kier alpha value is -3.81. The van der Waals surface area contributed by atoms with E-state index in [0.717, 1.165) is 34.4 Å². The van der Waals surface area contributed by atoms with Crippen molar-refractivity contribution in [1.29, 1.82) is 0 Å². The molecule has 3 aromatic carbocycles. The van der Waals surface area contributed by atoms with Gasteiger partial charge in [-0.15, -0.1) is 6.58 Å². The first-order chi connectivity index (χ1) is 18.5. The van der Waals surface area contributed by atoms with Crippen LogP contribution in [0.15, 0.2) is 90.0 Å². The van der Waals surface area contributed by atoms with Crippen LogP contribution in [0.4, 0.5) is 4.53 Å². The third kappa shape index (κ3) is 5.39. The third-order valence-electron chi connectivity index (χ3n) is 7.20. The van der Waals surface area contributed by atoms with Crippen LogP contribution in [0, 0.1) is 5.41 Å². The van der Waals surface area contributed by atoms with Crippen molar-refractivity contribution >= 4 is 17.6 Å². The number of halogens is 2. The molecule has 0 bridgehead atoms. The summed E-state index contributed by atoms with van der Waals surface area (Å²) >= 11 is 6.55. The number of likely N-dealkylation sites (tertiary alicyclic amines) is 1. The first-order valence-electron chi connectivity index (χ1n) is 12.5. The van der Waals surface area contributed by atoms with Crippen LogP contribution in [0.3, 0.4) is 0 Å². The highest BCUT2D eigenvalue weighted by Gasteiger charge is 2.42. The number of rotatable bonds is 8. The molecular weight excluding hydrogens is 505 g/mol. The van der Waals surface area contributed by atoms with E-state index in [1.165, 1.54) is 0 Å². The predicted molar refractivity (Wildman–Crippen MR) is 145 cm³/mol. The molecule has 0 unspecified atom stereocenters. The van der Waals surface area contributed by atoms with E-state index in [0.29, 0.717) is 49.1 Å². The monoisotopic (exact) mass is 531 g/mol. The summed E-state index contributed by atoms with van der Waals surface area (Å²) in [5.74, 6) is 0.0933. The number of piperidine rings is 1. The van der Waals surface area contributed by atoms with Gasteiger partial charge in [0, 0.05) is 32.8 Å². The molecule has 194 valence electrons. The zero-order chi connectivity index (χ0) is 26.5. The van der Waals surface area contributed by atoms with E-state index in [2.05, 4.69) is 26.6 Å². The van der Waals surface area contributed by atoms with Gasteiger partial charge in [-0.2, -0.15) is 4.98 Å². The van der Waals surface area contributed by atoms with Crippen LogP contribution in [0.25, 0.3) is 34.0 Å². The van der Waals surface area contributed by atoms with Crippen molar-refractivity contribution in [3.05, 3.63) is 96.0 Å². The van der Waals surface area contributed by atoms with Gasteiger partial charge in [0.05, 0.1) is 5.41 Å². The molecule has 0 aliphatic carbocycles. The van der Waals surface area contributed by atoms with Crippen molar-refractivity contribution in [3.63, 3.8) is 0 Å². The summed E-state index contributed by atoms with van der Waals surface area (Å²) in [6, 6.07) is 23.6. The van der Waals surface area contributed by atoms with Gasteiger partial charge in [0.2, 0.25) is 5.82 Å². The number of hydrogen-bond donors (Lipinski definition) is 0. The van der Waals surface area contributed by atoms with E-state index in [1.54, 1.807) is 6.08 Å². The molecule has 1 aliphatic heterocycles. The van der Waals surface area contributed by atoms with Gasteiger partial charge in [-0.25, -0.2) is 4.79 Å². The number of hydrogen-bond acceptors (Lipinski definition) is 6. The summed E-state index contributed by atoms with van der Waals surface area (Å²) in [4.78, 5) is 22.4. The lowest BCUT2D eigenvalue weighted by molar-refractivity contribution is -0.199. The molecule has 5 rings (SSSR count). The minimum atomic E-state index is -0.820. The van der Waals surface area contributed by atoms with Crippen molar-refractivity contribution < 1.29 is 18.8 Å². The predicted octanol–water partition coefficient (Wildman–Crippen LogP) is 7.31. The molecule has 1 aromatic heterocycles. The normalized spacial score (nSPS) is 15.2. The molecule has 8 heteroatoms. The lowest BCUT2D eigenvalue weighted by Gasteiger charge is -2.38. The first kappa shape index (κ1) is 25.8. The summed E-state index contributed by atoms with van der Waals surface area (Å²) in [5.41, 5.74) is 3.86. The summed E-state index contributed by atoms with van der Waals surface area (Å²) in [5, 5.41) is 4.76. The number of benzene rings is 3. The zero-order valence-electron chi connectivity index (χ0n) is 20.8. The SMILES string of the molecule is C=CCC1(C(=O)OF)CCN(Cc2ccc(-c3noc(-c4ccc(-c5ccccc5)c(Cl)c4)n3)cc2)CC1. The quantitative estimate of drug-likeness (QED) is 0.222. The van der Waals surface area contributed by atoms with Crippen molar-refractivity contribution in [2.45, 2.75) is 25.8 Å². The number of carbonyl (C=O) groups is 1. The maximum Gasteiger partial charge on any atom is 0.355 e. The lowest BCUT2D eigenvalue weighted by Crippen LogP contribution is -2.44. The second kappa shape index (κ2) is 11.3. The zero-order valence-corrected chi connectivity index (χ0v) is 21.5. The van der Waals surface area contributed by atoms with E-state index >= 15 is 0 Å². The average molecular weight is 532 g/mol. The molecule has 0 amide bonds. The van der Waals surface area contributed by atoms with E-state index in [1.807, 2.05) is 72.8 Å². The van der Waals surface area contributed by atoms with Gasteiger partial charge in [0.25, 0.3) is 5.89 Å². The fourth-order valence-corrected chi connectivity index (χ4v) is 5.25. The molecule has 0 radical (unpaired) electrons. The number of allylic oxidation sites excluding steroid dienone is 1. The Kier molecular flexibility index (Phi) is 7.67. The van der Waals surface area contributed by atoms with Crippen LogP contribution < -0.4 is 0 Å². The molecule has 1 fully saturated rings. The third-order valence-corrected chi connectivity index (χ3v) is 7.51. The van der Waals surface area contributed by atoms with Gasteiger partial charge >= 0.3 is 5.97 Å². The topological polar surface area (TPSA) is 68.5 Å². The summed E-state index contributed by atoms with van der Waals surface area (Å²) in [6.45, 7) is 5.77. The van der Waals surface area contributed by atoms with Crippen LogP contribution >= 0.6 is 11.6 Å². The van der Waals surface area contributed by atoms with Gasteiger partial charge in [0.1, 0.15) is 0 Å². The van der Waals surface area contributed by atoms with E-state index in [-0.39, 0.29) is 0 Å². The second-order valence-corrected chi connectivity index (χ2v) is 10.0. The van der Waals surface area contributed by atoms with Crippen molar-refractivity contribution in [3.8, 4) is 34.0 Å². The molecule has 0 saturated carbocycles. The Balaban J connectivity index is 1.23. The van der Waals surface area contributed by atoms with Crippen molar-refractivity contribution in [2.75, 3.05) is 13.1 Å². The van der Waals surface area contributed by atoms with E-state index < -0.39 is 11.4 Å². The first-order valence-corrected chi connectivity index (χ1v) is 12.8. The average Bonchev–Trinajstić information content (AvgIpc) is 3.45. The van der Waals surface area contributed by atoms with E-state index in [9.17, 15) is 9.32 Å². The molecule has 6 nitrogen and oxygen atoms in total. The highest BCUT2D eigenvalue weighted by molar-refractivity contribution is 6.33. The minimum Gasteiger partial charge on any atom is -0.334 e. The largest absolute Gasteiger partial charge is 0.355 e. The Morgan fingerprint density at radius 2 is 1.76 bits per heavy atom. The van der Waals surface area contributed by atoms with Crippen molar-refractivity contribution in [2.24, 2.45) is 5.41 Å². The Morgan fingerprint density at radius 3 is 2.42 bits per heavy atom. The highest BCUT2D eigenvalue weighted by atomic mass is 35.5. The molecule has 2 heterocycles. The highest BCUT2D eigenvalue weighted by Crippen LogP contribution is 2.37. The maximum atomic E-state index is 12.6. The fraction of sp³-hybridized carbons (Fsp3) is 0.233. The summed E-state index contributed by atoms with van der Waals surface area (Å²) in [7, 11) is 0. The Bertz CT molecular complexity index is 1410.